The number of halogens is 1. The number of aliphatic hydroxyl groups is 1. The topological polar surface area (TPSA) is 70.6 Å². The number of fused-ring (bicyclic) bond motifs is 1. The van der Waals surface area contributed by atoms with Crippen LogP contribution >= 0.6 is 12.4 Å². The Kier molecular flexibility index (Phi) is 6.99. The quantitative estimate of drug-likeness (QED) is 0.769. The second kappa shape index (κ2) is 8.99. The minimum atomic E-state index is -0.709. The van der Waals surface area contributed by atoms with Gasteiger partial charge in [0.15, 0.2) is 0 Å². The second-order valence-corrected chi connectivity index (χ2v) is 5.86. The van der Waals surface area contributed by atoms with Crippen LogP contribution < -0.4 is 10.6 Å². The lowest BCUT2D eigenvalue weighted by atomic mass is 10.0. The molecule has 0 aliphatic carbocycles. The Morgan fingerprint density at radius 3 is 2.83 bits per heavy atom. The minimum absolute atomic E-state index is 0. The van der Waals surface area contributed by atoms with Crippen molar-refractivity contribution >= 4 is 29.1 Å². The van der Waals surface area contributed by atoms with Crippen molar-refractivity contribution in [3.63, 3.8) is 0 Å². The van der Waals surface area contributed by atoms with E-state index in [1.807, 2.05) is 42.5 Å². The molecule has 0 aromatic heterocycles. The molecule has 2 atom stereocenters. The number of carbonyl (C=O) groups is 1. The lowest BCUT2D eigenvalue weighted by Crippen LogP contribution is -2.44. The lowest BCUT2D eigenvalue weighted by Gasteiger charge is -2.23. The summed E-state index contributed by atoms with van der Waals surface area (Å²) in [6.45, 7) is 2.24. The number of rotatable bonds is 5. The molecular formula is C18H23ClN2O3. The molecule has 130 valence electrons. The number of ether oxygens (including phenoxy) is 1. The molecule has 2 unspecified atom stereocenters. The van der Waals surface area contributed by atoms with Crippen LogP contribution in [0, 0.1) is 0 Å². The number of nitrogens with one attached hydrogen (secondary N) is 2. The Morgan fingerprint density at radius 2 is 2.08 bits per heavy atom. The van der Waals surface area contributed by atoms with Gasteiger partial charge in [0.05, 0.1) is 19.3 Å². The Hall–Kier alpha value is -1.66. The molecule has 2 aromatic carbocycles. The van der Waals surface area contributed by atoms with E-state index < -0.39 is 6.10 Å². The standard InChI is InChI=1S/C18H22N2O3.ClH/c21-17(11-20-18(22)10-16-12-23-8-7-19-16)15-6-5-13-3-1-2-4-14(13)9-15;/h1-6,9,16-17,19,21H,7-8,10-12H2,(H,20,22);1H. The van der Waals surface area contributed by atoms with Gasteiger partial charge >= 0.3 is 0 Å². The predicted molar refractivity (Wildman–Crippen MR) is 96.4 cm³/mol. The summed E-state index contributed by atoms with van der Waals surface area (Å²) in [6.07, 6.45) is -0.344. The molecule has 5 nitrogen and oxygen atoms in total. The molecule has 3 rings (SSSR count). The summed E-state index contributed by atoms with van der Waals surface area (Å²) in [6, 6.07) is 13.9. The fraction of sp³-hybridized carbons (Fsp3) is 0.389. The van der Waals surface area contributed by atoms with Gasteiger partial charge in [0.1, 0.15) is 0 Å². The van der Waals surface area contributed by atoms with E-state index in [0.717, 1.165) is 22.9 Å². The van der Waals surface area contributed by atoms with Gasteiger partial charge in [-0.3, -0.25) is 4.79 Å². The summed E-state index contributed by atoms with van der Waals surface area (Å²) in [5.41, 5.74) is 0.808. The van der Waals surface area contributed by atoms with Crippen LogP contribution in [0.2, 0.25) is 0 Å². The van der Waals surface area contributed by atoms with Crippen LogP contribution in [0.25, 0.3) is 10.8 Å². The lowest BCUT2D eigenvalue weighted by molar-refractivity contribution is -0.122. The zero-order valence-corrected chi connectivity index (χ0v) is 14.2. The first-order valence-corrected chi connectivity index (χ1v) is 7.97. The number of hydrogen-bond acceptors (Lipinski definition) is 4. The average Bonchev–Trinajstić information content (AvgIpc) is 2.60. The van der Waals surface area contributed by atoms with Crippen LogP contribution in [0.1, 0.15) is 18.1 Å². The molecule has 1 fully saturated rings. The molecule has 1 heterocycles. The number of hydrogen-bond donors (Lipinski definition) is 3. The second-order valence-electron chi connectivity index (χ2n) is 5.86. The number of carbonyl (C=O) groups excluding carboxylic acids is 1. The molecule has 1 aliphatic heterocycles. The Balaban J connectivity index is 0.00000208. The van der Waals surface area contributed by atoms with E-state index >= 15 is 0 Å². The molecule has 6 heteroatoms. The summed E-state index contributed by atoms with van der Waals surface area (Å²) >= 11 is 0. The van der Waals surface area contributed by atoms with Gasteiger partial charge in [0.25, 0.3) is 0 Å². The van der Waals surface area contributed by atoms with Crippen molar-refractivity contribution in [2.24, 2.45) is 0 Å². The molecule has 1 amide bonds. The van der Waals surface area contributed by atoms with Gasteiger partial charge in [-0.15, -0.1) is 12.4 Å². The van der Waals surface area contributed by atoms with Crippen molar-refractivity contribution in [3.8, 4) is 0 Å². The van der Waals surface area contributed by atoms with Gasteiger partial charge in [-0.1, -0.05) is 36.4 Å². The number of morpholine rings is 1. The molecular weight excluding hydrogens is 328 g/mol. The highest BCUT2D eigenvalue weighted by molar-refractivity contribution is 5.85. The highest BCUT2D eigenvalue weighted by atomic mass is 35.5. The van der Waals surface area contributed by atoms with Gasteiger partial charge < -0.3 is 20.5 Å². The third-order valence-corrected chi connectivity index (χ3v) is 4.08. The summed E-state index contributed by atoms with van der Waals surface area (Å²) in [7, 11) is 0. The number of benzene rings is 2. The maximum Gasteiger partial charge on any atom is 0.221 e. The molecule has 0 saturated carbocycles. The first kappa shape index (κ1) is 18.7. The zero-order chi connectivity index (χ0) is 16.1. The first-order valence-electron chi connectivity index (χ1n) is 7.97. The molecule has 2 aromatic rings. The molecule has 1 aliphatic rings. The van der Waals surface area contributed by atoms with Crippen molar-refractivity contribution in [1.82, 2.24) is 10.6 Å². The Labute approximate surface area is 147 Å². The normalized spacial score (nSPS) is 18.6. The van der Waals surface area contributed by atoms with Crippen molar-refractivity contribution < 1.29 is 14.6 Å². The maximum absolute atomic E-state index is 11.9. The molecule has 0 bridgehead atoms. The molecule has 3 N–H and O–H groups in total. The average molecular weight is 351 g/mol. The van der Waals surface area contributed by atoms with Crippen LogP contribution in [0.5, 0.6) is 0 Å². The van der Waals surface area contributed by atoms with E-state index in [4.69, 9.17) is 4.74 Å². The monoisotopic (exact) mass is 350 g/mol. The zero-order valence-electron chi connectivity index (χ0n) is 13.4. The third kappa shape index (κ3) is 4.92. The van der Waals surface area contributed by atoms with Crippen molar-refractivity contribution in [1.29, 1.82) is 0 Å². The fourth-order valence-corrected chi connectivity index (χ4v) is 2.79. The molecule has 24 heavy (non-hydrogen) atoms. The maximum atomic E-state index is 11.9. The van der Waals surface area contributed by atoms with Crippen LogP contribution in [0.4, 0.5) is 0 Å². The van der Waals surface area contributed by atoms with E-state index in [-0.39, 0.29) is 30.9 Å². The molecule has 0 spiro atoms. The van der Waals surface area contributed by atoms with Gasteiger partial charge in [-0.2, -0.15) is 0 Å². The minimum Gasteiger partial charge on any atom is -0.387 e. The first-order chi connectivity index (χ1) is 11.2. The van der Waals surface area contributed by atoms with E-state index in [2.05, 4.69) is 10.6 Å². The van der Waals surface area contributed by atoms with Gasteiger partial charge in [0.2, 0.25) is 5.91 Å². The smallest absolute Gasteiger partial charge is 0.221 e. The van der Waals surface area contributed by atoms with Gasteiger partial charge in [0, 0.05) is 25.6 Å². The SMILES string of the molecule is Cl.O=C(CC1COCCN1)NCC(O)c1ccc2ccccc2c1. The highest BCUT2D eigenvalue weighted by Gasteiger charge is 2.17. The van der Waals surface area contributed by atoms with Crippen LogP contribution in [-0.4, -0.2) is 43.4 Å². The van der Waals surface area contributed by atoms with Crippen molar-refractivity contribution in [2.75, 3.05) is 26.3 Å². The Bertz CT molecular complexity index is 674. The van der Waals surface area contributed by atoms with E-state index in [1.165, 1.54) is 0 Å². The summed E-state index contributed by atoms with van der Waals surface area (Å²) < 4.78 is 5.33. The van der Waals surface area contributed by atoms with Crippen LogP contribution in [0.3, 0.4) is 0 Å². The number of aliphatic hydroxyl groups excluding tert-OH is 1. The number of amides is 1. The summed E-state index contributed by atoms with van der Waals surface area (Å²) in [4.78, 5) is 11.9. The highest BCUT2D eigenvalue weighted by Crippen LogP contribution is 2.20. The van der Waals surface area contributed by atoms with Crippen LogP contribution in [0.15, 0.2) is 42.5 Å². The van der Waals surface area contributed by atoms with Gasteiger partial charge in [-0.05, 0) is 22.4 Å². The fourth-order valence-electron chi connectivity index (χ4n) is 2.79. The Morgan fingerprint density at radius 1 is 1.29 bits per heavy atom. The largest absolute Gasteiger partial charge is 0.387 e. The predicted octanol–water partition coefficient (Wildman–Crippen LogP) is 1.79. The van der Waals surface area contributed by atoms with Crippen LogP contribution in [-0.2, 0) is 9.53 Å². The third-order valence-electron chi connectivity index (χ3n) is 4.08. The molecule has 0 radical (unpaired) electrons. The summed E-state index contributed by atoms with van der Waals surface area (Å²) in [5, 5.41) is 18.5. The van der Waals surface area contributed by atoms with Crippen molar-refractivity contribution in [2.45, 2.75) is 18.6 Å². The van der Waals surface area contributed by atoms with E-state index in [0.29, 0.717) is 19.6 Å². The summed E-state index contributed by atoms with van der Waals surface area (Å²) in [5.74, 6) is -0.0761. The van der Waals surface area contributed by atoms with E-state index in [9.17, 15) is 9.90 Å². The van der Waals surface area contributed by atoms with Crippen molar-refractivity contribution in [3.05, 3.63) is 48.0 Å². The molecule has 1 saturated heterocycles. The van der Waals surface area contributed by atoms with Gasteiger partial charge in [-0.25, -0.2) is 0 Å². The van der Waals surface area contributed by atoms with E-state index in [1.54, 1.807) is 0 Å².